The van der Waals surface area contributed by atoms with Crippen LogP contribution in [-0.4, -0.2) is 16.7 Å². The van der Waals surface area contributed by atoms with E-state index in [0.29, 0.717) is 30.4 Å². The molecule has 0 unspecified atom stereocenters. The molecule has 0 atom stereocenters. The van der Waals surface area contributed by atoms with Gasteiger partial charge >= 0.3 is 0 Å². The molecule has 0 bridgehead atoms. The zero-order valence-electron chi connectivity index (χ0n) is 11.4. The maximum Gasteiger partial charge on any atom is 0.257 e. The minimum Gasteiger partial charge on any atom is -0.493 e. The fourth-order valence-corrected chi connectivity index (χ4v) is 1.92. The number of hydrogen-bond acceptors (Lipinski definition) is 5. The number of aromatic nitrogens is 2. The Labute approximate surface area is 122 Å². The lowest BCUT2D eigenvalue weighted by atomic mass is 10.2. The monoisotopic (exact) mass is 281 g/mol. The first-order chi connectivity index (χ1) is 10.3. The molecule has 21 heavy (non-hydrogen) atoms. The number of rotatable bonds is 5. The average molecular weight is 281 g/mol. The van der Waals surface area contributed by atoms with E-state index in [-0.39, 0.29) is 0 Å². The Hall–Kier alpha value is -2.82. The molecule has 0 fully saturated rings. The van der Waals surface area contributed by atoms with Crippen LogP contribution in [0.1, 0.15) is 5.82 Å². The van der Waals surface area contributed by atoms with Gasteiger partial charge in [0.1, 0.15) is 5.75 Å². The number of para-hydroxylation sites is 1. The van der Waals surface area contributed by atoms with E-state index in [1.165, 1.54) is 0 Å². The van der Waals surface area contributed by atoms with Gasteiger partial charge < -0.3 is 15.0 Å². The fraction of sp³-hybridized carbons (Fsp3) is 0.125. The number of nitrogens with two attached hydrogens (primary N) is 1. The maximum absolute atomic E-state index is 5.74. The van der Waals surface area contributed by atoms with Crippen LogP contribution in [0.5, 0.6) is 5.75 Å². The molecule has 2 aromatic carbocycles. The van der Waals surface area contributed by atoms with Crippen molar-refractivity contribution in [2.75, 3.05) is 12.3 Å². The van der Waals surface area contributed by atoms with Crippen molar-refractivity contribution >= 4 is 5.69 Å². The van der Waals surface area contributed by atoms with Crippen molar-refractivity contribution < 1.29 is 9.26 Å². The first-order valence-electron chi connectivity index (χ1n) is 6.67. The van der Waals surface area contributed by atoms with Gasteiger partial charge in [0.2, 0.25) is 0 Å². The van der Waals surface area contributed by atoms with E-state index in [9.17, 15) is 0 Å². The molecule has 0 radical (unpaired) electrons. The lowest BCUT2D eigenvalue weighted by Gasteiger charge is -2.02. The van der Waals surface area contributed by atoms with Crippen LogP contribution in [0.2, 0.25) is 0 Å². The first kappa shape index (κ1) is 13.2. The lowest BCUT2D eigenvalue weighted by molar-refractivity contribution is 0.315. The molecule has 106 valence electrons. The van der Waals surface area contributed by atoms with E-state index in [4.69, 9.17) is 15.0 Å². The van der Waals surface area contributed by atoms with E-state index in [1.54, 1.807) is 6.07 Å². The summed E-state index contributed by atoms with van der Waals surface area (Å²) < 4.78 is 10.8. The lowest BCUT2D eigenvalue weighted by Crippen LogP contribution is -2.02. The molecule has 5 heteroatoms. The normalized spacial score (nSPS) is 10.5. The van der Waals surface area contributed by atoms with Gasteiger partial charge in [-0.1, -0.05) is 29.4 Å². The van der Waals surface area contributed by atoms with E-state index in [1.807, 2.05) is 48.5 Å². The smallest absolute Gasteiger partial charge is 0.257 e. The van der Waals surface area contributed by atoms with Gasteiger partial charge in [-0.15, -0.1) is 0 Å². The van der Waals surface area contributed by atoms with Gasteiger partial charge in [0.05, 0.1) is 6.61 Å². The number of nitrogen functional groups attached to an aromatic ring is 1. The van der Waals surface area contributed by atoms with Gasteiger partial charge in [0.15, 0.2) is 5.82 Å². The molecule has 5 nitrogen and oxygen atoms in total. The number of nitrogens with zero attached hydrogens (tertiary/aromatic N) is 2. The Balaban J connectivity index is 1.60. The number of hydrogen-bond donors (Lipinski definition) is 1. The van der Waals surface area contributed by atoms with Crippen molar-refractivity contribution in [2.45, 2.75) is 6.42 Å². The minimum atomic E-state index is 0.469. The third-order valence-electron chi connectivity index (χ3n) is 2.94. The summed E-state index contributed by atoms with van der Waals surface area (Å²) in [6, 6.07) is 17.0. The van der Waals surface area contributed by atoms with Crippen LogP contribution in [0.25, 0.3) is 11.5 Å². The summed E-state index contributed by atoms with van der Waals surface area (Å²) in [4.78, 5) is 4.34. The van der Waals surface area contributed by atoms with E-state index in [0.717, 1.165) is 11.3 Å². The van der Waals surface area contributed by atoms with Crippen LogP contribution in [0, 0.1) is 0 Å². The predicted molar refractivity (Wildman–Crippen MR) is 79.8 cm³/mol. The highest BCUT2D eigenvalue weighted by atomic mass is 16.5. The van der Waals surface area contributed by atoms with Crippen molar-refractivity contribution in [2.24, 2.45) is 0 Å². The number of benzene rings is 2. The predicted octanol–water partition coefficient (Wildman–Crippen LogP) is 2.94. The number of ether oxygens (including phenoxy) is 1. The van der Waals surface area contributed by atoms with E-state index < -0.39 is 0 Å². The standard InChI is InChI=1S/C16H15N3O2/c17-13-6-4-5-12(11-13)16-18-15(19-21-16)9-10-20-14-7-2-1-3-8-14/h1-8,11H,9-10,17H2. The van der Waals surface area contributed by atoms with Crippen LogP contribution in [0.4, 0.5) is 5.69 Å². The molecule has 0 saturated heterocycles. The Morgan fingerprint density at radius 1 is 1.05 bits per heavy atom. The minimum absolute atomic E-state index is 0.469. The molecule has 1 heterocycles. The Bertz CT molecular complexity index is 710. The highest BCUT2D eigenvalue weighted by Crippen LogP contribution is 2.19. The summed E-state index contributed by atoms with van der Waals surface area (Å²) >= 11 is 0. The molecular weight excluding hydrogens is 266 g/mol. The SMILES string of the molecule is Nc1cccc(-c2nc(CCOc3ccccc3)no2)c1. The largest absolute Gasteiger partial charge is 0.493 e. The molecule has 0 aliphatic rings. The molecular formula is C16H15N3O2. The van der Waals surface area contributed by atoms with Crippen LogP contribution < -0.4 is 10.5 Å². The summed E-state index contributed by atoms with van der Waals surface area (Å²) in [6.45, 7) is 0.500. The molecule has 2 N–H and O–H groups in total. The van der Waals surface area contributed by atoms with Crippen LogP contribution >= 0.6 is 0 Å². The topological polar surface area (TPSA) is 74.2 Å². The average Bonchev–Trinajstić information content (AvgIpc) is 2.97. The molecule has 1 aromatic heterocycles. The zero-order valence-corrected chi connectivity index (χ0v) is 11.4. The first-order valence-corrected chi connectivity index (χ1v) is 6.67. The summed E-state index contributed by atoms with van der Waals surface area (Å²) in [5, 5.41) is 3.95. The molecule has 3 aromatic rings. The maximum atomic E-state index is 5.74. The second-order valence-electron chi connectivity index (χ2n) is 4.55. The van der Waals surface area contributed by atoms with Crippen molar-refractivity contribution in [3.05, 3.63) is 60.4 Å². The van der Waals surface area contributed by atoms with Crippen LogP contribution in [0.15, 0.2) is 59.1 Å². The van der Waals surface area contributed by atoms with Crippen LogP contribution in [0.3, 0.4) is 0 Å². The van der Waals surface area contributed by atoms with Gasteiger partial charge in [-0.25, -0.2) is 0 Å². The van der Waals surface area contributed by atoms with Gasteiger partial charge in [-0.3, -0.25) is 0 Å². The Kier molecular flexibility index (Phi) is 3.82. The van der Waals surface area contributed by atoms with Crippen LogP contribution in [-0.2, 0) is 6.42 Å². The van der Waals surface area contributed by atoms with E-state index in [2.05, 4.69) is 10.1 Å². The summed E-state index contributed by atoms with van der Waals surface area (Å²) in [7, 11) is 0. The molecule has 0 amide bonds. The van der Waals surface area contributed by atoms with Crippen molar-refractivity contribution in [1.82, 2.24) is 10.1 Å². The molecule has 0 aliphatic heterocycles. The third kappa shape index (κ3) is 3.39. The number of anilines is 1. The van der Waals surface area contributed by atoms with Gasteiger partial charge in [0, 0.05) is 17.7 Å². The van der Waals surface area contributed by atoms with Gasteiger partial charge in [-0.05, 0) is 30.3 Å². The van der Waals surface area contributed by atoms with Gasteiger partial charge in [0.25, 0.3) is 5.89 Å². The molecule has 3 rings (SSSR count). The second kappa shape index (κ2) is 6.09. The van der Waals surface area contributed by atoms with E-state index >= 15 is 0 Å². The third-order valence-corrected chi connectivity index (χ3v) is 2.94. The van der Waals surface area contributed by atoms with Crippen molar-refractivity contribution in [3.63, 3.8) is 0 Å². The fourth-order valence-electron chi connectivity index (χ4n) is 1.92. The molecule has 0 saturated carbocycles. The summed E-state index contributed by atoms with van der Waals surface area (Å²) in [5.41, 5.74) is 7.22. The molecule has 0 spiro atoms. The second-order valence-corrected chi connectivity index (χ2v) is 4.55. The highest BCUT2D eigenvalue weighted by Gasteiger charge is 2.09. The Morgan fingerprint density at radius 2 is 1.90 bits per heavy atom. The Morgan fingerprint density at radius 3 is 2.71 bits per heavy atom. The molecule has 0 aliphatic carbocycles. The quantitative estimate of drug-likeness (QED) is 0.728. The summed E-state index contributed by atoms with van der Waals surface area (Å²) in [5.74, 6) is 1.91. The highest BCUT2D eigenvalue weighted by molar-refractivity contribution is 5.59. The van der Waals surface area contributed by atoms with Crippen molar-refractivity contribution in [3.8, 4) is 17.2 Å². The van der Waals surface area contributed by atoms with Gasteiger partial charge in [-0.2, -0.15) is 4.98 Å². The summed E-state index contributed by atoms with van der Waals surface area (Å²) in [6.07, 6.45) is 0.584. The zero-order chi connectivity index (χ0) is 14.5. The van der Waals surface area contributed by atoms with Crippen molar-refractivity contribution in [1.29, 1.82) is 0 Å².